The lowest BCUT2D eigenvalue weighted by Gasteiger charge is -2.11. The fraction of sp³-hybridized carbons (Fsp3) is 0.667. The Balaban J connectivity index is 3.89. The van der Waals surface area contributed by atoms with Crippen LogP contribution < -0.4 is 5.32 Å². The van der Waals surface area contributed by atoms with Gasteiger partial charge in [-0.1, -0.05) is 0 Å². The molecule has 0 rings (SSSR count). The summed E-state index contributed by atoms with van der Waals surface area (Å²) >= 11 is 0. The minimum Gasteiger partial charge on any atom is -0.480 e. The Morgan fingerprint density at radius 3 is 2.38 bits per heavy atom. The summed E-state index contributed by atoms with van der Waals surface area (Å²) in [7, 11) is 0. The number of ether oxygens (including phenoxy) is 1. The third-order valence-corrected chi connectivity index (χ3v) is 1.68. The van der Waals surface area contributed by atoms with Crippen molar-refractivity contribution in [3.8, 4) is 0 Å². The number of carbonyl (C=O) groups excluding carboxylic acids is 2. The van der Waals surface area contributed by atoms with Gasteiger partial charge in [0.25, 0.3) is 0 Å². The fourth-order valence-corrected chi connectivity index (χ4v) is 0.901. The summed E-state index contributed by atoms with van der Waals surface area (Å²) in [6.45, 7) is 1.18. The summed E-state index contributed by atoms with van der Waals surface area (Å²) in [6, 6.07) is -1.34. The molecule has 1 atom stereocenters. The van der Waals surface area contributed by atoms with Crippen LogP contribution in [0.2, 0.25) is 0 Å². The average Bonchev–Trinajstić information content (AvgIpc) is 2.23. The Morgan fingerprint density at radius 1 is 1.31 bits per heavy atom. The normalized spacial score (nSPS) is 11.6. The molecule has 1 amide bonds. The number of amides is 1. The van der Waals surface area contributed by atoms with Crippen molar-refractivity contribution < 1.29 is 29.3 Å². The van der Waals surface area contributed by atoms with E-state index in [1.165, 1.54) is 0 Å². The second kappa shape index (κ2) is 7.63. The quantitative estimate of drug-likeness (QED) is 0.481. The maximum atomic E-state index is 11.1. The third kappa shape index (κ3) is 5.97. The molecule has 0 saturated heterocycles. The van der Waals surface area contributed by atoms with Crippen LogP contribution in [0, 0.1) is 0 Å². The lowest BCUT2D eigenvalue weighted by molar-refractivity contribution is -0.145. The Kier molecular flexibility index (Phi) is 6.86. The molecule has 0 fully saturated rings. The molecule has 0 aromatic carbocycles. The second-order valence-corrected chi connectivity index (χ2v) is 2.95. The van der Waals surface area contributed by atoms with E-state index in [-0.39, 0.29) is 19.4 Å². The second-order valence-electron chi connectivity index (χ2n) is 2.95. The van der Waals surface area contributed by atoms with Gasteiger partial charge in [0.15, 0.2) is 0 Å². The Hall–Kier alpha value is -1.63. The number of hydrogen-bond acceptors (Lipinski definition) is 5. The molecule has 0 heterocycles. The number of nitrogens with one attached hydrogen (secondary N) is 1. The van der Waals surface area contributed by atoms with Crippen LogP contribution in [0.5, 0.6) is 0 Å². The van der Waals surface area contributed by atoms with Crippen molar-refractivity contribution in [1.29, 1.82) is 0 Å². The van der Waals surface area contributed by atoms with Crippen molar-refractivity contribution in [3.05, 3.63) is 0 Å². The Labute approximate surface area is 92.4 Å². The molecular formula is C9H15NO6. The molecule has 0 bridgehead atoms. The van der Waals surface area contributed by atoms with Crippen molar-refractivity contribution in [2.24, 2.45) is 0 Å². The summed E-state index contributed by atoms with van der Waals surface area (Å²) in [5.41, 5.74) is 0. The number of carboxylic acid groups (broad SMARTS) is 1. The minimum absolute atomic E-state index is 0.114. The van der Waals surface area contributed by atoms with Crippen LogP contribution >= 0.6 is 0 Å². The van der Waals surface area contributed by atoms with E-state index in [0.717, 1.165) is 0 Å². The van der Waals surface area contributed by atoms with Gasteiger partial charge in [-0.15, -0.1) is 0 Å². The number of aliphatic carboxylic acids is 1. The highest BCUT2D eigenvalue weighted by atomic mass is 16.5. The van der Waals surface area contributed by atoms with Crippen LogP contribution in [0.1, 0.15) is 19.8 Å². The van der Waals surface area contributed by atoms with Gasteiger partial charge in [-0.3, -0.25) is 9.59 Å². The Bertz CT molecular complexity index is 265. The van der Waals surface area contributed by atoms with Gasteiger partial charge in [-0.2, -0.15) is 0 Å². The van der Waals surface area contributed by atoms with Crippen LogP contribution in [-0.4, -0.2) is 47.3 Å². The first-order chi connectivity index (χ1) is 7.51. The number of carboxylic acids is 1. The molecule has 0 aromatic heterocycles. The summed E-state index contributed by atoms with van der Waals surface area (Å²) < 4.78 is 4.59. The van der Waals surface area contributed by atoms with Crippen molar-refractivity contribution in [3.63, 3.8) is 0 Å². The van der Waals surface area contributed by atoms with Gasteiger partial charge in [-0.25, -0.2) is 4.79 Å². The van der Waals surface area contributed by atoms with E-state index in [1.54, 1.807) is 6.92 Å². The number of carbonyl (C=O) groups is 3. The standard InChI is InChI=1S/C9H15NO6/c1-2-16-8(13)4-3-7(12)10-6(5-11)9(14)15/h6,11H,2-5H2,1H3,(H,10,12)(H,14,15)/t6-/m0/s1. The topological polar surface area (TPSA) is 113 Å². The molecule has 7 nitrogen and oxygen atoms in total. The van der Waals surface area contributed by atoms with Crippen molar-refractivity contribution in [2.45, 2.75) is 25.8 Å². The number of hydrogen-bond donors (Lipinski definition) is 3. The average molecular weight is 233 g/mol. The van der Waals surface area contributed by atoms with Crippen molar-refractivity contribution in [1.82, 2.24) is 5.32 Å². The van der Waals surface area contributed by atoms with Gasteiger partial charge in [0.05, 0.1) is 19.6 Å². The largest absolute Gasteiger partial charge is 0.480 e. The fourth-order valence-electron chi connectivity index (χ4n) is 0.901. The predicted molar refractivity (Wildman–Crippen MR) is 52.5 cm³/mol. The maximum Gasteiger partial charge on any atom is 0.328 e. The summed E-state index contributed by atoms with van der Waals surface area (Å²) in [4.78, 5) is 32.4. The monoisotopic (exact) mass is 233 g/mol. The van der Waals surface area contributed by atoms with Gasteiger partial charge >= 0.3 is 11.9 Å². The summed E-state index contributed by atoms with van der Waals surface area (Å²) in [5.74, 6) is -2.46. The molecule has 0 aliphatic heterocycles. The number of aliphatic hydroxyl groups is 1. The first kappa shape index (κ1) is 14.4. The van der Waals surface area contributed by atoms with E-state index < -0.39 is 30.5 Å². The molecule has 0 aliphatic carbocycles. The Morgan fingerprint density at radius 2 is 1.94 bits per heavy atom. The molecule has 92 valence electrons. The van der Waals surface area contributed by atoms with E-state index >= 15 is 0 Å². The number of aliphatic hydroxyl groups excluding tert-OH is 1. The smallest absolute Gasteiger partial charge is 0.328 e. The van der Waals surface area contributed by atoms with Gasteiger partial charge in [-0.05, 0) is 6.92 Å². The number of esters is 1. The van der Waals surface area contributed by atoms with Crippen LogP contribution in [0.25, 0.3) is 0 Å². The minimum atomic E-state index is -1.34. The maximum absolute atomic E-state index is 11.1. The van der Waals surface area contributed by atoms with E-state index in [9.17, 15) is 14.4 Å². The number of rotatable bonds is 7. The van der Waals surface area contributed by atoms with E-state index in [2.05, 4.69) is 10.1 Å². The zero-order valence-corrected chi connectivity index (χ0v) is 8.93. The van der Waals surface area contributed by atoms with Crippen LogP contribution in [0.4, 0.5) is 0 Å². The molecule has 0 unspecified atom stereocenters. The molecule has 7 heteroatoms. The molecule has 0 aromatic rings. The van der Waals surface area contributed by atoms with E-state index in [0.29, 0.717) is 0 Å². The molecule has 3 N–H and O–H groups in total. The first-order valence-corrected chi connectivity index (χ1v) is 4.79. The molecule has 16 heavy (non-hydrogen) atoms. The highest BCUT2D eigenvalue weighted by Crippen LogP contribution is 1.94. The highest BCUT2D eigenvalue weighted by Gasteiger charge is 2.18. The summed E-state index contributed by atoms with van der Waals surface area (Å²) in [5, 5.41) is 19.2. The van der Waals surface area contributed by atoms with E-state index in [1.807, 2.05) is 0 Å². The molecule has 0 spiro atoms. The van der Waals surface area contributed by atoms with Gasteiger partial charge in [0.1, 0.15) is 6.04 Å². The zero-order chi connectivity index (χ0) is 12.6. The van der Waals surface area contributed by atoms with E-state index in [4.69, 9.17) is 10.2 Å². The highest BCUT2D eigenvalue weighted by molar-refractivity contribution is 5.85. The van der Waals surface area contributed by atoms with Crippen LogP contribution in [0.15, 0.2) is 0 Å². The summed E-state index contributed by atoms with van der Waals surface area (Å²) in [6.07, 6.45) is -0.278. The zero-order valence-electron chi connectivity index (χ0n) is 8.93. The van der Waals surface area contributed by atoms with Gasteiger partial charge in [0, 0.05) is 6.42 Å². The predicted octanol–water partition coefficient (Wildman–Crippen LogP) is -1.11. The molecule has 0 aliphatic rings. The molecule has 0 saturated carbocycles. The lowest BCUT2D eigenvalue weighted by Crippen LogP contribution is -2.43. The molecular weight excluding hydrogens is 218 g/mol. The third-order valence-electron chi connectivity index (χ3n) is 1.68. The van der Waals surface area contributed by atoms with Crippen molar-refractivity contribution >= 4 is 17.8 Å². The van der Waals surface area contributed by atoms with Crippen LogP contribution in [0.3, 0.4) is 0 Å². The van der Waals surface area contributed by atoms with Crippen molar-refractivity contribution in [2.75, 3.05) is 13.2 Å². The molecule has 0 radical (unpaired) electrons. The van der Waals surface area contributed by atoms with Crippen LogP contribution in [-0.2, 0) is 19.1 Å². The van der Waals surface area contributed by atoms with Gasteiger partial charge in [0.2, 0.25) is 5.91 Å². The van der Waals surface area contributed by atoms with Gasteiger partial charge < -0.3 is 20.3 Å². The lowest BCUT2D eigenvalue weighted by atomic mass is 10.2. The SMILES string of the molecule is CCOC(=O)CCC(=O)N[C@@H](CO)C(=O)O. The first-order valence-electron chi connectivity index (χ1n) is 4.79.